The molecule has 0 unspecified atom stereocenters. The van der Waals surface area contributed by atoms with E-state index in [0.717, 1.165) is 23.2 Å². The van der Waals surface area contributed by atoms with Crippen LogP contribution in [0, 0.1) is 0 Å². The molecule has 20 heavy (non-hydrogen) atoms. The first-order valence-corrected chi connectivity index (χ1v) is 6.86. The molecule has 2 heterocycles. The fourth-order valence-corrected chi connectivity index (χ4v) is 2.99. The van der Waals surface area contributed by atoms with Gasteiger partial charge in [0.25, 0.3) is 0 Å². The van der Waals surface area contributed by atoms with Crippen LogP contribution in [0.15, 0.2) is 36.7 Å². The summed E-state index contributed by atoms with van der Waals surface area (Å²) >= 11 is 0. The normalized spacial score (nSPS) is 13.7. The number of aryl methyl sites for hydroxylation is 1. The number of fused-ring (bicyclic) bond motifs is 2. The van der Waals surface area contributed by atoms with Crippen LogP contribution in [0.25, 0.3) is 16.7 Å². The fraction of sp³-hybridized carbons (Fsp3) is 0.250. The molecule has 2 aromatic heterocycles. The van der Waals surface area contributed by atoms with Gasteiger partial charge in [0, 0.05) is 6.07 Å². The summed E-state index contributed by atoms with van der Waals surface area (Å²) in [4.78, 5) is 4.38. The predicted octanol–water partition coefficient (Wildman–Crippen LogP) is 2.92. The standard InChI is InChI=1S/C16H15N3O/c1-20-12-8-16-14(17-9-12)10-18-19(16)15-7-3-5-11-4-2-6-13(11)15/h3,5,7-10H,2,4,6H2,1H3. The van der Waals surface area contributed by atoms with Gasteiger partial charge in [0.2, 0.25) is 0 Å². The summed E-state index contributed by atoms with van der Waals surface area (Å²) in [5, 5.41) is 4.52. The van der Waals surface area contributed by atoms with Crippen molar-refractivity contribution in [1.29, 1.82) is 0 Å². The van der Waals surface area contributed by atoms with E-state index in [1.165, 1.54) is 29.7 Å². The first kappa shape index (κ1) is 11.5. The second-order valence-electron chi connectivity index (χ2n) is 5.10. The highest BCUT2D eigenvalue weighted by Gasteiger charge is 2.17. The van der Waals surface area contributed by atoms with Crippen LogP contribution in [-0.2, 0) is 12.8 Å². The molecular weight excluding hydrogens is 250 g/mol. The van der Waals surface area contributed by atoms with Gasteiger partial charge < -0.3 is 4.74 Å². The van der Waals surface area contributed by atoms with Gasteiger partial charge in [-0.05, 0) is 36.5 Å². The van der Waals surface area contributed by atoms with E-state index in [-0.39, 0.29) is 0 Å². The maximum Gasteiger partial charge on any atom is 0.139 e. The fourth-order valence-electron chi connectivity index (χ4n) is 2.99. The number of aromatic nitrogens is 3. The second kappa shape index (κ2) is 4.34. The first-order valence-electron chi connectivity index (χ1n) is 6.86. The monoisotopic (exact) mass is 265 g/mol. The number of nitrogens with zero attached hydrogens (tertiary/aromatic N) is 3. The van der Waals surface area contributed by atoms with Crippen LogP contribution in [0.1, 0.15) is 17.5 Å². The Hall–Kier alpha value is -2.36. The molecule has 1 aliphatic rings. The highest BCUT2D eigenvalue weighted by atomic mass is 16.5. The summed E-state index contributed by atoms with van der Waals surface area (Å²) in [6, 6.07) is 8.46. The molecule has 4 nitrogen and oxygen atoms in total. The highest BCUT2D eigenvalue weighted by Crippen LogP contribution is 2.29. The van der Waals surface area contributed by atoms with Crippen molar-refractivity contribution in [2.45, 2.75) is 19.3 Å². The molecule has 0 saturated heterocycles. The molecule has 0 atom stereocenters. The van der Waals surface area contributed by atoms with Gasteiger partial charge in [0.1, 0.15) is 11.3 Å². The number of ether oxygens (including phenoxy) is 1. The second-order valence-corrected chi connectivity index (χ2v) is 5.10. The molecule has 0 radical (unpaired) electrons. The minimum atomic E-state index is 0.756. The quantitative estimate of drug-likeness (QED) is 0.715. The van der Waals surface area contributed by atoms with Crippen molar-refractivity contribution < 1.29 is 4.74 Å². The summed E-state index contributed by atoms with van der Waals surface area (Å²) < 4.78 is 7.25. The van der Waals surface area contributed by atoms with Crippen molar-refractivity contribution in [3.63, 3.8) is 0 Å². The molecule has 0 amide bonds. The van der Waals surface area contributed by atoms with E-state index in [1.807, 2.05) is 16.9 Å². The van der Waals surface area contributed by atoms with Gasteiger partial charge in [-0.3, -0.25) is 0 Å². The zero-order valence-corrected chi connectivity index (χ0v) is 11.3. The Morgan fingerprint density at radius 2 is 2.15 bits per heavy atom. The minimum Gasteiger partial charge on any atom is -0.495 e. The molecule has 1 aromatic carbocycles. The Kier molecular flexibility index (Phi) is 2.49. The van der Waals surface area contributed by atoms with E-state index in [0.29, 0.717) is 0 Å². The minimum absolute atomic E-state index is 0.756. The highest BCUT2D eigenvalue weighted by molar-refractivity contribution is 5.77. The first-order chi connectivity index (χ1) is 9.86. The summed E-state index contributed by atoms with van der Waals surface area (Å²) in [6.45, 7) is 0. The van der Waals surface area contributed by atoms with Crippen molar-refractivity contribution in [2.24, 2.45) is 0 Å². The average molecular weight is 265 g/mol. The molecule has 0 aliphatic heterocycles. The maximum absolute atomic E-state index is 5.27. The van der Waals surface area contributed by atoms with Crippen LogP contribution >= 0.6 is 0 Å². The molecule has 4 heteroatoms. The molecule has 0 bridgehead atoms. The van der Waals surface area contributed by atoms with Gasteiger partial charge >= 0.3 is 0 Å². The van der Waals surface area contributed by atoms with E-state index in [1.54, 1.807) is 13.3 Å². The smallest absolute Gasteiger partial charge is 0.139 e. The lowest BCUT2D eigenvalue weighted by atomic mass is 10.1. The zero-order valence-electron chi connectivity index (χ0n) is 11.3. The van der Waals surface area contributed by atoms with Crippen LogP contribution in [0.4, 0.5) is 0 Å². The Bertz CT molecular complexity index is 792. The van der Waals surface area contributed by atoms with E-state index < -0.39 is 0 Å². The van der Waals surface area contributed by atoms with Gasteiger partial charge in [0.15, 0.2) is 0 Å². The maximum atomic E-state index is 5.27. The number of hydrogen-bond acceptors (Lipinski definition) is 3. The van der Waals surface area contributed by atoms with Gasteiger partial charge in [0.05, 0.1) is 30.7 Å². The molecule has 0 N–H and O–H groups in total. The molecule has 4 rings (SSSR count). The largest absolute Gasteiger partial charge is 0.495 e. The van der Waals surface area contributed by atoms with Crippen LogP contribution in [0.2, 0.25) is 0 Å². The van der Waals surface area contributed by atoms with Crippen LogP contribution < -0.4 is 4.74 Å². The predicted molar refractivity (Wildman–Crippen MR) is 77.4 cm³/mol. The third-order valence-corrected chi connectivity index (χ3v) is 3.98. The zero-order chi connectivity index (χ0) is 13.5. The number of benzene rings is 1. The molecule has 100 valence electrons. The molecule has 0 saturated carbocycles. The number of pyridine rings is 1. The van der Waals surface area contributed by atoms with Crippen molar-refractivity contribution in [1.82, 2.24) is 14.8 Å². The van der Waals surface area contributed by atoms with Crippen LogP contribution in [0.5, 0.6) is 5.75 Å². The van der Waals surface area contributed by atoms with Gasteiger partial charge in [-0.1, -0.05) is 12.1 Å². The number of methoxy groups -OCH3 is 1. The third-order valence-electron chi connectivity index (χ3n) is 3.98. The lowest BCUT2D eigenvalue weighted by molar-refractivity contribution is 0.413. The van der Waals surface area contributed by atoms with Crippen molar-refractivity contribution in [3.05, 3.63) is 47.8 Å². The Labute approximate surface area is 117 Å². The molecule has 0 fully saturated rings. The lowest BCUT2D eigenvalue weighted by Gasteiger charge is -2.10. The van der Waals surface area contributed by atoms with Gasteiger partial charge in [-0.2, -0.15) is 5.10 Å². The van der Waals surface area contributed by atoms with Crippen LogP contribution in [0.3, 0.4) is 0 Å². The van der Waals surface area contributed by atoms with Crippen molar-refractivity contribution >= 4 is 11.0 Å². The number of hydrogen-bond donors (Lipinski definition) is 0. The average Bonchev–Trinajstić information content (AvgIpc) is 3.12. The summed E-state index contributed by atoms with van der Waals surface area (Å²) in [5.41, 5.74) is 5.92. The Balaban J connectivity index is 1.97. The summed E-state index contributed by atoms with van der Waals surface area (Å²) in [7, 11) is 1.66. The van der Waals surface area contributed by atoms with Gasteiger partial charge in [-0.15, -0.1) is 0 Å². The van der Waals surface area contributed by atoms with Gasteiger partial charge in [-0.25, -0.2) is 9.67 Å². The molecule has 0 spiro atoms. The number of rotatable bonds is 2. The SMILES string of the molecule is COc1cnc2cnn(-c3cccc4c3CCC4)c2c1. The molecule has 1 aliphatic carbocycles. The Morgan fingerprint density at radius 1 is 1.20 bits per heavy atom. The third kappa shape index (κ3) is 1.61. The molecular formula is C16H15N3O. The van der Waals surface area contributed by atoms with E-state index in [9.17, 15) is 0 Å². The summed E-state index contributed by atoms with van der Waals surface area (Å²) in [5.74, 6) is 0.756. The lowest BCUT2D eigenvalue weighted by Crippen LogP contribution is -2.01. The Morgan fingerprint density at radius 3 is 3.05 bits per heavy atom. The van der Waals surface area contributed by atoms with E-state index >= 15 is 0 Å². The van der Waals surface area contributed by atoms with E-state index in [2.05, 4.69) is 28.3 Å². The topological polar surface area (TPSA) is 39.9 Å². The summed E-state index contributed by atoms with van der Waals surface area (Å²) in [6.07, 6.45) is 7.06. The van der Waals surface area contributed by atoms with Crippen molar-refractivity contribution in [3.8, 4) is 11.4 Å². The van der Waals surface area contributed by atoms with Crippen LogP contribution in [-0.4, -0.2) is 21.9 Å². The van der Waals surface area contributed by atoms with E-state index in [4.69, 9.17) is 4.74 Å². The molecule has 3 aromatic rings. The van der Waals surface area contributed by atoms with Crippen molar-refractivity contribution in [2.75, 3.05) is 7.11 Å².